The fourth-order valence-electron chi connectivity index (χ4n) is 2.59. The average molecular weight is 296 g/mol. The van der Waals surface area contributed by atoms with Crippen LogP contribution in [0.5, 0.6) is 0 Å². The summed E-state index contributed by atoms with van der Waals surface area (Å²) in [5.74, 6) is -0.160. The zero-order valence-electron chi connectivity index (χ0n) is 11.5. The smallest absolute Gasteiger partial charge is 0.395 e. The molecule has 3 N–H and O–H groups in total. The number of aliphatic hydroxyl groups excluding tert-OH is 1. The van der Waals surface area contributed by atoms with E-state index in [0.717, 1.165) is 25.7 Å². The van der Waals surface area contributed by atoms with Crippen molar-refractivity contribution in [2.45, 2.75) is 50.7 Å². The Balaban J connectivity index is 2.37. The summed E-state index contributed by atoms with van der Waals surface area (Å²) in [7, 11) is 0. The Morgan fingerprint density at radius 2 is 1.85 bits per heavy atom. The van der Waals surface area contributed by atoms with Gasteiger partial charge in [-0.1, -0.05) is 0 Å². The van der Waals surface area contributed by atoms with Gasteiger partial charge in [0.05, 0.1) is 6.61 Å². The van der Waals surface area contributed by atoms with Gasteiger partial charge in [-0.25, -0.2) is 0 Å². The lowest BCUT2D eigenvalue weighted by atomic mass is 9.84. The number of nitrogens with two attached hydrogens (primary N) is 1. The molecule has 0 aromatic rings. The fraction of sp³-hybridized carbons (Fsp3) is 0.923. The standard InChI is InChI=1S/C13H23F3N2O2/c14-13(15,16)9-18(7-8-19)12(20)6-3-10-1-4-11(17)5-2-10/h10-11,19H,1-9,17H2. The highest BCUT2D eigenvalue weighted by Crippen LogP contribution is 2.27. The number of rotatable bonds is 6. The van der Waals surface area contributed by atoms with Crippen molar-refractivity contribution < 1.29 is 23.1 Å². The number of hydrogen-bond acceptors (Lipinski definition) is 3. The molecule has 1 aliphatic carbocycles. The molecule has 118 valence electrons. The van der Waals surface area contributed by atoms with Crippen molar-refractivity contribution in [3.63, 3.8) is 0 Å². The van der Waals surface area contributed by atoms with Crippen molar-refractivity contribution in [2.75, 3.05) is 19.7 Å². The van der Waals surface area contributed by atoms with Gasteiger partial charge in [0, 0.05) is 19.0 Å². The molecule has 0 aliphatic heterocycles. The maximum Gasteiger partial charge on any atom is 0.406 e. The van der Waals surface area contributed by atoms with E-state index in [0.29, 0.717) is 17.2 Å². The molecule has 0 heterocycles. The minimum atomic E-state index is -4.43. The van der Waals surface area contributed by atoms with E-state index in [9.17, 15) is 18.0 Å². The van der Waals surface area contributed by atoms with E-state index in [2.05, 4.69) is 0 Å². The first kappa shape index (κ1) is 17.2. The molecular weight excluding hydrogens is 273 g/mol. The lowest BCUT2D eigenvalue weighted by Gasteiger charge is -2.27. The van der Waals surface area contributed by atoms with E-state index in [4.69, 9.17) is 10.8 Å². The highest BCUT2D eigenvalue weighted by molar-refractivity contribution is 5.76. The molecule has 0 atom stereocenters. The lowest BCUT2D eigenvalue weighted by Crippen LogP contribution is -2.40. The molecule has 0 saturated heterocycles. The molecule has 0 aromatic heterocycles. The number of nitrogens with zero attached hydrogens (tertiary/aromatic N) is 1. The molecule has 0 bridgehead atoms. The van der Waals surface area contributed by atoms with Crippen LogP contribution >= 0.6 is 0 Å². The molecule has 4 nitrogen and oxygen atoms in total. The first-order valence-electron chi connectivity index (χ1n) is 7.03. The Bertz CT molecular complexity index is 302. The van der Waals surface area contributed by atoms with Gasteiger partial charge in [0.15, 0.2) is 0 Å². The van der Waals surface area contributed by atoms with Crippen molar-refractivity contribution in [2.24, 2.45) is 11.7 Å². The van der Waals surface area contributed by atoms with Crippen LogP contribution < -0.4 is 5.73 Å². The summed E-state index contributed by atoms with van der Waals surface area (Å²) < 4.78 is 37.0. The summed E-state index contributed by atoms with van der Waals surface area (Å²) in [6.45, 7) is -2.02. The summed E-state index contributed by atoms with van der Waals surface area (Å²) in [5, 5.41) is 8.75. The maximum atomic E-state index is 12.3. The predicted molar refractivity (Wildman–Crippen MR) is 68.9 cm³/mol. The number of aliphatic hydroxyl groups is 1. The van der Waals surface area contributed by atoms with E-state index in [1.165, 1.54) is 0 Å². The van der Waals surface area contributed by atoms with Gasteiger partial charge >= 0.3 is 6.18 Å². The normalized spacial score (nSPS) is 23.6. The molecule has 0 radical (unpaired) electrons. The number of carbonyl (C=O) groups excluding carboxylic acids is 1. The van der Waals surface area contributed by atoms with Gasteiger partial charge in [-0.05, 0) is 38.0 Å². The van der Waals surface area contributed by atoms with Crippen molar-refractivity contribution >= 4 is 5.91 Å². The maximum absolute atomic E-state index is 12.3. The lowest BCUT2D eigenvalue weighted by molar-refractivity contribution is -0.162. The van der Waals surface area contributed by atoms with Crippen LogP contribution in [0, 0.1) is 5.92 Å². The highest BCUT2D eigenvalue weighted by Gasteiger charge is 2.32. The Labute approximate surface area is 117 Å². The van der Waals surface area contributed by atoms with Crippen LogP contribution in [0.15, 0.2) is 0 Å². The molecule has 1 amide bonds. The second-order valence-electron chi connectivity index (χ2n) is 5.47. The van der Waals surface area contributed by atoms with Crippen LogP contribution in [0.2, 0.25) is 0 Å². The van der Waals surface area contributed by atoms with E-state index >= 15 is 0 Å². The molecule has 0 unspecified atom stereocenters. The number of alkyl halides is 3. The van der Waals surface area contributed by atoms with Crippen molar-refractivity contribution in [1.82, 2.24) is 4.90 Å². The third kappa shape index (κ3) is 6.56. The van der Waals surface area contributed by atoms with Gasteiger partial charge in [0.1, 0.15) is 6.54 Å². The van der Waals surface area contributed by atoms with Crippen LogP contribution in [-0.4, -0.2) is 47.8 Å². The number of hydrogen-bond donors (Lipinski definition) is 2. The van der Waals surface area contributed by atoms with Gasteiger partial charge in [0.25, 0.3) is 0 Å². The van der Waals surface area contributed by atoms with Crippen molar-refractivity contribution in [3.05, 3.63) is 0 Å². The zero-order valence-corrected chi connectivity index (χ0v) is 11.5. The topological polar surface area (TPSA) is 66.6 Å². The minimum Gasteiger partial charge on any atom is -0.395 e. The third-order valence-electron chi connectivity index (χ3n) is 3.75. The summed E-state index contributed by atoms with van der Waals surface area (Å²) in [4.78, 5) is 12.5. The second-order valence-corrected chi connectivity index (χ2v) is 5.47. The summed E-state index contributed by atoms with van der Waals surface area (Å²) >= 11 is 0. The molecule has 20 heavy (non-hydrogen) atoms. The van der Waals surface area contributed by atoms with E-state index in [1.54, 1.807) is 0 Å². The summed E-state index contributed by atoms with van der Waals surface area (Å²) in [6.07, 6.45) is -0.00523. The fourth-order valence-corrected chi connectivity index (χ4v) is 2.59. The van der Waals surface area contributed by atoms with Crippen LogP contribution in [0.4, 0.5) is 13.2 Å². The molecule has 1 fully saturated rings. The molecule has 7 heteroatoms. The summed E-state index contributed by atoms with van der Waals surface area (Å²) in [6, 6.07) is 0.220. The molecule has 1 rings (SSSR count). The SMILES string of the molecule is NC1CCC(CCC(=O)N(CCO)CC(F)(F)F)CC1. The Hall–Kier alpha value is -0.820. The van der Waals surface area contributed by atoms with Crippen LogP contribution in [0.25, 0.3) is 0 Å². The first-order chi connectivity index (χ1) is 9.31. The van der Waals surface area contributed by atoms with Gasteiger partial charge in [-0.2, -0.15) is 13.2 Å². The van der Waals surface area contributed by atoms with Gasteiger partial charge in [-0.3, -0.25) is 4.79 Å². The van der Waals surface area contributed by atoms with Crippen molar-refractivity contribution in [3.8, 4) is 0 Å². The van der Waals surface area contributed by atoms with Crippen LogP contribution in [0.3, 0.4) is 0 Å². The summed E-state index contributed by atoms with van der Waals surface area (Å²) in [5.41, 5.74) is 5.78. The molecule has 0 aromatic carbocycles. The molecular formula is C13H23F3N2O2. The predicted octanol–water partition coefficient (Wildman–Crippen LogP) is 1.67. The molecule has 1 saturated carbocycles. The number of carbonyl (C=O) groups is 1. The Morgan fingerprint density at radius 1 is 1.25 bits per heavy atom. The van der Waals surface area contributed by atoms with Crippen molar-refractivity contribution in [1.29, 1.82) is 0 Å². The Kier molecular flexibility index (Phi) is 6.75. The largest absolute Gasteiger partial charge is 0.406 e. The first-order valence-corrected chi connectivity index (χ1v) is 7.03. The quantitative estimate of drug-likeness (QED) is 0.783. The zero-order chi connectivity index (χ0) is 15.2. The van der Waals surface area contributed by atoms with E-state index < -0.39 is 25.2 Å². The number of amides is 1. The second kappa shape index (κ2) is 7.83. The minimum absolute atomic E-state index is 0.107. The van der Waals surface area contributed by atoms with Gasteiger partial charge in [-0.15, -0.1) is 0 Å². The number of halogens is 3. The Morgan fingerprint density at radius 3 is 2.35 bits per heavy atom. The molecule has 0 spiro atoms. The van der Waals surface area contributed by atoms with Crippen LogP contribution in [0.1, 0.15) is 38.5 Å². The molecule has 1 aliphatic rings. The van der Waals surface area contributed by atoms with E-state index in [-0.39, 0.29) is 19.0 Å². The average Bonchev–Trinajstić information content (AvgIpc) is 2.35. The van der Waals surface area contributed by atoms with E-state index in [1.807, 2.05) is 0 Å². The van der Waals surface area contributed by atoms with Gasteiger partial charge < -0.3 is 15.7 Å². The third-order valence-corrected chi connectivity index (χ3v) is 3.75. The van der Waals surface area contributed by atoms with Gasteiger partial charge in [0.2, 0.25) is 5.91 Å². The van der Waals surface area contributed by atoms with Crippen LogP contribution in [-0.2, 0) is 4.79 Å². The highest BCUT2D eigenvalue weighted by atomic mass is 19.4. The monoisotopic (exact) mass is 296 g/mol.